The first kappa shape index (κ1) is 13.2. The maximum atomic E-state index is 11.7. The molecule has 0 fully saturated rings. The van der Waals surface area contributed by atoms with Crippen LogP contribution in [0.15, 0.2) is 24.3 Å². The van der Waals surface area contributed by atoms with E-state index in [2.05, 4.69) is 5.32 Å². The highest BCUT2D eigenvalue weighted by Gasteiger charge is 2.21. The van der Waals surface area contributed by atoms with Crippen LogP contribution in [-0.2, 0) is 11.3 Å². The minimum atomic E-state index is -0.481. The molecule has 4 nitrogen and oxygen atoms in total. The van der Waals surface area contributed by atoms with E-state index in [4.69, 9.17) is 5.73 Å². The Kier molecular flexibility index (Phi) is 3.89. The molecule has 0 aromatic heterocycles. The molecule has 1 rings (SSSR count). The molecule has 4 heteroatoms. The molecular formula is C13H18N2O2. The zero-order valence-corrected chi connectivity index (χ0v) is 10.4. The molecule has 0 spiro atoms. The van der Waals surface area contributed by atoms with E-state index in [1.165, 1.54) is 0 Å². The summed E-state index contributed by atoms with van der Waals surface area (Å²) in [7, 11) is 0. The molecule has 0 unspecified atom stereocenters. The lowest BCUT2D eigenvalue weighted by Gasteiger charge is -2.18. The van der Waals surface area contributed by atoms with Crippen LogP contribution in [0.2, 0.25) is 0 Å². The van der Waals surface area contributed by atoms with E-state index in [0.717, 1.165) is 5.56 Å². The number of nitrogens with one attached hydrogen (secondary N) is 1. The highest BCUT2D eigenvalue weighted by Crippen LogP contribution is 2.14. The van der Waals surface area contributed by atoms with Crippen molar-refractivity contribution >= 4 is 11.8 Å². The van der Waals surface area contributed by atoms with Gasteiger partial charge in [-0.1, -0.05) is 39.0 Å². The van der Waals surface area contributed by atoms with Gasteiger partial charge in [0.2, 0.25) is 11.8 Å². The second-order valence-electron chi connectivity index (χ2n) is 4.95. The van der Waals surface area contributed by atoms with Gasteiger partial charge in [0.15, 0.2) is 0 Å². The largest absolute Gasteiger partial charge is 0.366 e. The van der Waals surface area contributed by atoms with Gasteiger partial charge in [-0.15, -0.1) is 0 Å². The van der Waals surface area contributed by atoms with E-state index in [1.807, 2.05) is 26.8 Å². The van der Waals surface area contributed by atoms with Crippen LogP contribution in [0.25, 0.3) is 0 Å². The molecule has 2 amide bonds. The monoisotopic (exact) mass is 234 g/mol. The highest BCUT2D eigenvalue weighted by atomic mass is 16.2. The fourth-order valence-corrected chi connectivity index (χ4v) is 1.36. The van der Waals surface area contributed by atoms with Gasteiger partial charge in [-0.3, -0.25) is 9.59 Å². The molecule has 17 heavy (non-hydrogen) atoms. The van der Waals surface area contributed by atoms with Gasteiger partial charge in [-0.05, 0) is 11.6 Å². The summed E-state index contributed by atoms with van der Waals surface area (Å²) in [5, 5.41) is 2.79. The van der Waals surface area contributed by atoms with Crippen molar-refractivity contribution < 1.29 is 9.59 Å². The van der Waals surface area contributed by atoms with E-state index >= 15 is 0 Å². The third kappa shape index (κ3) is 3.59. The van der Waals surface area contributed by atoms with Crippen molar-refractivity contribution in [2.24, 2.45) is 11.1 Å². The van der Waals surface area contributed by atoms with Crippen LogP contribution in [0.3, 0.4) is 0 Å². The molecule has 0 atom stereocenters. The maximum absolute atomic E-state index is 11.7. The predicted molar refractivity (Wildman–Crippen MR) is 66.3 cm³/mol. The standard InChI is InChI=1S/C13H18N2O2/c1-13(2,3)12(17)15-8-9-6-4-5-7-10(9)11(14)16/h4-7H,8H2,1-3H3,(H2,14,16)(H,15,17). The number of carbonyl (C=O) groups is 2. The van der Waals surface area contributed by atoms with Crippen molar-refractivity contribution in [1.82, 2.24) is 5.32 Å². The van der Waals surface area contributed by atoms with Gasteiger partial charge in [0.1, 0.15) is 0 Å². The average Bonchev–Trinajstić information content (AvgIpc) is 2.24. The third-order valence-corrected chi connectivity index (χ3v) is 2.40. The van der Waals surface area contributed by atoms with Gasteiger partial charge >= 0.3 is 0 Å². The molecule has 0 aliphatic rings. The number of hydrogen-bond acceptors (Lipinski definition) is 2. The van der Waals surface area contributed by atoms with Crippen LogP contribution in [-0.4, -0.2) is 11.8 Å². The molecule has 0 radical (unpaired) electrons. The van der Waals surface area contributed by atoms with E-state index in [1.54, 1.807) is 18.2 Å². The first-order chi connectivity index (χ1) is 7.82. The molecule has 0 aliphatic heterocycles. The average molecular weight is 234 g/mol. The molecule has 0 saturated carbocycles. The maximum Gasteiger partial charge on any atom is 0.249 e. The first-order valence-corrected chi connectivity index (χ1v) is 5.48. The zero-order valence-electron chi connectivity index (χ0n) is 10.4. The molecule has 92 valence electrons. The number of primary amides is 1. The zero-order chi connectivity index (χ0) is 13.1. The summed E-state index contributed by atoms with van der Waals surface area (Å²) in [4.78, 5) is 22.9. The second kappa shape index (κ2) is 4.99. The lowest BCUT2D eigenvalue weighted by molar-refractivity contribution is -0.128. The second-order valence-corrected chi connectivity index (χ2v) is 4.95. The normalized spacial score (nSPS) is 11.0. The Bertz CT molecular complexity index is 433. The van der Waals surface area contributed by atoms with E-state index in [0.29, 0.717) is 12.1 Å². The predicted octanol–water partition coefficient (Wildman–Crippen LogP) is 1.45. The Morgan fingerprint density at radius 2 is 1.82 bits per heavy atom. The van der Waals surface area contributed by atoms with Gasteiger partial charge in [0.05, 0.1) is 0 Å². The van der Waals surface area contributed by atoms with Crippen molar-refractivity contribution in [3.8, 4) is 0 Å². The third-order valence-electron chi connectivity index (χ3n) is 2.40. The topological polar surface area (TPSA) is 72.2 Å². The Labute approximate surface area is 101 Å². The minimum Gasteiger partial charge on any atom is -0.366 e. The summed E-state index contributed by atoms with van der Waals surface area (Å²) in [6, 6.07) is 6.99. The summed E-state index contributed by atoms with van der Waals surface area (Å²) >= 11 is 0. The fourth-order valence-electron chi connectivity index (χ4n) is 1.36. The number of nitrogens with two attached hydrogens (primary N) is 1. The summed E-state index contributed by atoms with van der Waals surface area (Å²) in [6.07, 6.45) is 0. The van der Waals surface area contributed by atoms with E-state index in [-0.39, 0.29) is 5.91 Å². The van der Waals surface area contributed by atoms with Crippen LogP contribution in [0.4, 0.5) is 0 Å². The highest BCUT2D eigenvalue weighted by molar-refractivity contribution is 5.94. The molecule has 3 N–H and O–H groups in total. The van der Waals surface area contributed by atoms with Crippen molar-refractivity contribution in [1.29, 1.82) is 0 Å². The molecular weight excluding hydrogens is 216 g/mol. The quantitative estimate of drug-likeness (QED) is 0.830. The van der Waals surface area contributed by atoms with Gasteiger partial charge < -0.3 is 11.1 Å². The Morgan fingerprint density at radius 3 is 2.35 bits per heavy atom. The number of carbonyl (C=O) groups excluding carboxylic acids is 2. The fraction of sp³-hybridized carbons (Fsp3) is 0.385. The van der Waals surface area contributed by atoms with E-state index in [9.17, 15) is 9.59 Å². The molecule has 0 bridgehead atoms. The minimum absolute atomic E-state index is 0.0585. The summed E-state index contributed by atoms with van der Waals surface area (Å²) in [5.74, 6) is -0.539. The summed E-state index contributed by atoms with van der Waals surface area (Å²) in [6.45, 7) is 5.82. The van der Waals surface area contributed by atoms with Crippen molar-refractivity contribution in [3.63, 3.8) is 0 Å². The number of benzene rings is 1. The van der Waals surface area contributed by atoms with Gasteiger partial charge in [-0.25, -0.2) is 0 Å². The van der Waals surface area contributed by atoms with Crippen molar-refractivity contribution in [3.05, 3.63) is 35.4 Å². The van der Waals surface area contributed by atoms with E-state index < -0.39 is 11.3 Å². The number of hydrogen-bond donors (Lipinski definition) is 2. The Balaban J connectivity index is 2.77. The van der Waals surface area contributed by atoms with Gasteiger partial charge in [0.25, 0.3) is 0 Å². The SMILES string of the molecule is CC(C)(C)C(=O)NCc1ccccc1C(N)=O. The lowest BCUT2D eigenvalue weighted by atomic mass is 9.95. The summed E-state index contributed by atoms with van der Waals surface area (Å²) < 4.78 is 0. The van der Waals surface area contributed by atoms with Gasteiger partial charge in [-0.2, -0.15) is 0 Å². The van der Waals surface area contributed by atoms with Crippen molar-refractivity contribution in [2.75, 3.05) is 0 Å². The lowest BCUT2D eigenvalue weighted by Crippen LogP contribution is -2.34. The van der Waals surface area contributed by atoms with Gasteiger partial charge in [0, 0.05) is 17.5 Å². The first-order valence-electron chi connectivity index (χ1n) is 5.48. The molecule has 0 aliphatic carbocycles. The van der Waals surface area contributed by atoms with Crippen LogP contribution in [0, 0.1) is 5.41 Å². The van der Waals surface area contributed by atoms with Crippen LogP contribution in [0.5, 0.6) is 0 Å². The molecule has 1 aromatic rings. The molecule has 1 aromatic carbocycles. The van der Waals surface area contributed by atoms with Crippen LogP contribution < -0.4 is 11.1 Å². The number of amides is 2. The smallest absolute Gasteiger partial charge is 0.249 e. The molecule has 0 saturated heterocycles. The van der Waals surface area contributed by atoms with Crippen molar-refractivity contribution in [2.45, 2.75) is 27.3 Å². The van der Waals surface area contributed by atoms with Crippen LogP contribution in [0.1, 0.15) is 36.7 Å². The Morgan fingerprint density at radius 1 is 1.24 bits per heavy atom. The molecule has 0 heterocycles. The number of rotatable bonds is 3. The summed E-state index contributed by atoms with van der Waals surface area (Å²) in [5.41, 5.74) is 5.99. The Hall–Kier alpha value is -1.84. The van der Waals surface area contributed by atoms with Crippen LogP contribution >= 0.6 is 0 Å².